The van der Waals surface area contributed by atoms with E-state index < -0.39 is 0 Å². The first kappa shape index (κ1) is 15.0. The van der Waals surface area contributed by atoms with E-state index in [1.54, 1.807) is 0 Å². The zero-order valence-electron chi connectivity index (χ0n) is 12.1. The van der Waals surface area contributed by atoms with Crippen molar-refractivity contribution in [1.82, 2.24) is 0 Å². The van der Waals surface area contributed by atoms with Crippen molar-refractivity contribution in [2.75, 3.05) is 19.8 Å². The van der Waals surface area contributed by atoms with Crippen LogP contribution in [-0.2, 0) is 9.47 Å². The Balaban J connectivity index is 1.92. The minimum Gasteiger partial charge on any atom is -0.379 e. The highest BCUT2D eigenvalue weighted by Gasteiger charge is 2.31. The van der Waals surface area contributed by atoms with Gasteiger partial charge in [-0.15, -0.1) is 0 Å². The first-order valence-electron chi connectivity index (χ1n) is 7.49. The van der Waals surface area contributed by atoms with Gasteiger partial charge in [-0.1, -0.05) is 30.3 Å². The molecule has 1 aromatic carbocycles. The third kappa shape index (κ3) is 4.06. The standard InChI is InChI=1S/C17H23NO2/c1-2-19-10-11-20-17-12-15(8-9-16(17)13-18)14-6-4-3-5-7-14/h3-7,15-17H,2,8-12H2,1H3. The van der Waals surface area contributed by atoms with E-state index in [0.717, 1.165) is 19.3 Å². The van der Waals surface area contributed by atoms with Crippen LogP contribution in [0.2, 0.25) is 0 Å². The number of nitriles is 1. The molecule has 3 heteroatoms. The van der Waals surface area contributed by atoms with Crippen LogP contribution in [0.4, 0.5) is 0 Å². The number of hydrogen-bond acceptors (Lipinski definition) is 3. The summed E-state index contributed by atoms with van der Waals surface area (Å²) in [6, 6.07) is 13.0. The van der Waals surface area contributed by atoms with Crippen LogP contribution in [0.25, 0.3) is 0 Å². The molecule has 0 aliphatic heterocycles. The van der Waals surface area contributed by atoms with E-state index in [0.29, 0.717) is 25.7 Å². The summed E-state index contributed by atoms with van der Waals surface area (Å²) in [5.74, 6) is 0.537. The summed E-state index contributed by atoms with van der Waals surface area (Å²) < 4.78 is 11.2. The topological polar surface area (TPSA) is 42.2 Å². The Morgan fingerprint density at radius 3 is 2.70 bits per heavy atom. The van der Waals surface area contributed by atoms with Crippen molar-refractivity contribution < 1.29 is 9.47 Å². The number of benzene rings is 1. The van der Waals surface area contributed by atoms with Crippen molar-refractivity contribution in [3.05, 3.63) is 35.9 Å². The highest BCUT2D eigenvalue weighted by Crippen LogP contribution is 2.37. The Morgan fingerprint density at radius 2 is 2.00 bits per heavy atom. The molecule has 0 spiro atoms. The summed E-state index contributed by atoms with van der Waals surface area (Å²) in [6.45, 7) is 3.88. The van der Waals surface area contributed by atoms with Crippen molar-refractivity contribution in [3.8, 4) is 6.07 Å². The van der Waals surface area contributed by atoms with Crippen molar-refractivity contribution in [2.24, 2.45) is 5.92 Å². The quantitative estimate of drug-likeness (QED) is 0.745. The fraction of sp³-hybridized carbons (Fsp3) is 0.588. The second-order valence-corrected chi connectivity index (χ2v) is 5.26. The highest BCUT2D eigenvalue weighted by atomic mass is 16.5. The van der Waals surface area contributed by atoms with Crippen LogP contribution in [0.5, 0.6) is 0 Å². The van der Waals surface area contributed by atoms with Crippen molar-refractivity contribution in [2.45, 2.75) is 38.2 Å². The normalized spacial score (nSPS) is 26.1. The number of nitrogens with zero attached hydrogens (tertiary/aromatic N) is 1. The van der Waals surface area contributed by atoms with Crippen LogP contribution in [0.3, 0.4) is 0 Å². The summed E-state index contributed by atoms with van der Waals surface area (Å²) in [6.07, 6.45) is 2.98. The Morgan fingerprint density at radius 1 is 1.20 bits per heavy atom. The van der Waals surface area contributed by atoms with Crippen molar-refractivity contribution >= 4 is 0 Å². The summed E-state index contributed by atoms with van der Waals surface area (Å²) >= 11 is 0. The maximum Gasteiger partial charge on any atom is 0.0740 e. The fourth-order valence-corrected chi connectivity index (χ4v) is 2.89. The summed E-state index contributed by atoms with van der Waals surface area (Å²) in [5.41, 5.74) is 1.36. The predicted octanol–water partition coefficient (Wildman–Crippen LogP) is 3.52. The van der Waals surface area contributed by atoms with Gasteiger partial charge in [0.1, 0.15) is 0 Å². The van der Waals surface area contributed by atoms with E-state index in [-0.39, 0.29) is 12.0 Å². The first-order chi connectivity index (χ1) is 9.85. The van der Waals surface area contributed by atoms with Crippen LogP contribution in [-0.4, -0.2) is 25.9 Å². The smallest absolute Gasteiger partial charge is 0.0740 e. The Hall–Kier alpha value is -1.37. The van der Waals surface area contributed by atoms with E-state index >= 15 is 0 Å². The zero-order chi connectivity index (χ0) is 14.2. The summed E-state index contributed by atoms with van der Waals surface area (Å²) in [5, 5.41) is 9.26. The molecule has 1 aromatic rings. The molecule has 0 radical (unpaired) electrons. The molecule has 3 unspecified atom stereocenters. The second-order valence-electron chi connectivity index (χ2n) is 5.26. The maximum absolute atomic E-state index is 9.26. The minimum absolute atomic E-state index is 0.0246. The zero-order valence-corrected chi connectivity index (χ0v) is 12.1. The van der Waals surface area contributed by atoms with E-state index in [9.17, 15) is 5.26 Å². The monoisotopic (exact) mass is 273 g/mol. The van der Waals surface area contributed by atoms with Crippen molar-refractivity contribution in [1.29, 1.82) is 5.26 Å². The molecule has 0 bridgehead atoms. The fourth-order valence-electron chi connectivity index (χ4n) is 2.89. The lowest BCUT2D eigenvalue weighted by Gasteiger charge is -2.33. The van der Waals surface area contributed by atoms with Crippen LogP contribution in [0.15, 0.2) is 30.3 Å². The van der Waals surface area contributed by atoms with Gasteiger partial charge in [-0.2, -0.15) is 5.26 Å². The van der Waals surface area contributed by atoms with Crippen LogP contribution < -0.4 is 0 Å². The van der Waals surface area contributed by atoms with Gasteiger partial charge in [0, 0.05) is 6.61 Å². The maximum atomic E-state index is 9.26. The molecular formula is C17H23NO2. The Labute approximate surface area is 121 Å². The van der Waals surface area contributed by atoms with E-state index in [1.807, 2.05) is 13.0 Å². The van der Waals surface area contributed by atoms with Crippen LogP contribution >= 0.6 is 0 Å². The van der Waals surface area contributed by atoms with Crippen molar-refractivity contribution in [3.63, 3.8) is 0 Å². The van der Waals surface area contributed by atoms with Gasteiger partial charge >= 0.3 is 0 Å². The van der Waals surface area contributed by atoms with Gasteiger partial charge < -0.3 is 9.47 Å². The molecule has 2 rings (SSSR count). The largest absolute Gasteiger partial charge is 0.379 e. The third-order valence-corrected chi connectivity index (χ3v) is 3.99. The molecule has 0 saturated heterocycles. The lowest BCUT2D eigenvalue weighted by Crippen LogP contribution is -2.31. The van der Waals surface area contributed by atoms with Crippen LogP contribution in [0.1, 0.15) is 37.7 Å². The molecule has 3 nitrogen and oxygen atoms in total. The van der Waals surface area contributed by atoms with Gasteiger partial charge in [0.15, 0.2) is 0 Å². The Kier molecular flexibility index (Phi) is 6.04. The van der Waals surface area contributed by atoms with E-state index in [2.05, 4.69) is 30.3 Å². The van der Waals surface area contributed by atoms with Gasteiger partial charge in [0.05, 0.1) is 31.3 Å². The number of hydrogen-bond donors (Lipinski definition) is 0. The molecule has 1 saturated carbocycles. The SMILES string of the molecule is CCOCCOC1CC(c2ccccc2)CCC1C#N. The molecule has 1 fully saturated rings. The molecule has 0 aromatic heterocycles. The molecular weight excluding hydrogens is 250 g/mol. The number of rotatable bonds is 6. The lowest BCUT2D eigenvalue weighted by molar-refractivity contribution is -0.0278. The molecule has 20 heavy (non-hydrogen) atoms. The number of ether oxygens (including phenoxy) is 2. The molecule has 3 atom stereocenters. The second kappa shape index (κ2) is 8.04. The van der Waals surface area contributed by atoms with Crippen LogP contribution in [0, 0.1) is 17.2 Å². The summed E-state index contributed by atoms with van der Waals surface area (Å²) in [4.78, 5) is 0. The molecule has 0 amide bonds. The van der Waals surface area contributed by atoms with Gasteiger partial charge in [-0.3, -0.25) is 0 Å². The highest BCUT2D eigenvalue weighted by molar-refractivity contribution is 5.20. The molecule has 1 aliphatic carbocycles. The third-order valence-electron chi connectivity index (χ3n) is 3.99. The lowest BCUT2D eigenvalue weighted by atomic mass is 9.77. The predicted molar refractivity (Wildman–Crippen MR) is 78.4 cm³/mol. The summed E-state index contributed by atoms with van der Waals surface area (Å²) in [7, 11) is 0. The van der Waals surface area contributed by atoms with Gasteiger partial charge in [-0.05, 0) is 37.7 Å². The first-order valence-corrected chi connectivity index (χ1v) is 7.49. The van der Waals surface area contributed by atoms with Gasteiger partial charge in [0.25, 0.3) is 0 Å². The molecule has 108 valence electrons. The molecule has 1 aliphatic rings. The molecule has 0 N–H and O–H groups in total. The minimum atomic E-state index is 0.0246. The average molecular weight is 273 g/mol. The van der Waals surface area contributed by atoms with E-state index in [1.165, 1.54) is 5.56 Å². The van der Waals surface area contributed by atoms with Gasteiger partial charge in [-0.25, -0.2) is 0 Å². The average Bonchev–Trinajstić information content (AvgIpc) is 2.52. The molecule has 0 heterocycles. The van der Waals surface area contributed by atoms with Gasteiger partial charge in [0.2, 0.25) is 0 Å². The van der Waals surface area contributed by atoms with E-state index in [4.69, 9.17) is 9.47 Å². The Bertz CT molecular complexity index is 426.